The fraction of sp³-hybridized carbons (Fsp3) is 0.263. The Kier molecular flexibility index (Phi) is 6.32. The molecule has 3 rings (SSSR count). The molecule has 27 heavy (non-hydrogen) atoms. The number of anilines is 2. The van der Waals surface area contributed by atoms with Crippen molar-refractivity contribution in [3.05, 3.63) is 53.5 Å². The van der Waals surface area contributed by atoms with Crippen molar-refractivity contribution >= 4 is 28.2 Å². The smallest absolute Gasteiger partial charge is 0.251 e. The fourth-order valence-electron chi connectivity index (χ4n) is 2.54. The van der Waals surface area contributed by atoms with Gasteiger partial charge in [-0.25, -0.2) is 15.0 Å². The van der Waals surface area contributed by atoms with E-state index in [9.17, 15) is 4.79 Å². The highest BCUT2D eigenvalue weighted by Crippen LogP contribution is 2.23. The van der Waals surface area contributed by atoms with Crippen LogP contribution in [0.4, 0.5) is 10.9 Å². The zero-order chi connectivity index (χ0) is 19.1. The van der Waals surface area contributed by atoms with Crippen molar-refractivity contribution in [3.8, 4) is 11.5 Å². The van der Waals surface area contributed by atoms with E-state index in [1.165, 1.54) is 11.3 Å². The van der Waals surface area contributed by atoms with E-state index in [0.29, 0.717) is 29.4 Å². The largest absolute Gasteiger partial charge is 0.384 e. The molecule has 3 aromatic rings. The van der Waals surface area contributed by atoms with Gasteiger partial charge in [0, 0.05) is 29.7 Å². The summed E-state index contributed by atoms with van der Waals surface area (Å²) in [4.78, 5) is 25.0. The van der Waals surface area contributed by atoms with Gasteiger partial charge in [0.05, 0.1) is 0 Å². The minimum Gasteiger partial charge on any atom is -0.384 e. The molecule has 1 atom stereocenters. The molecule has 1 amide bonds. The summed E-state index contributed by atoms with van der Waals surface area (Å²) in [5.74, 6) is 0.881. The van der Waals surface area contributed by atoms with Gasteiger partial charge in [-0.1, -0.05) is 25.1 Å². The van der Waals surface area contributed by atoms with E-state index in [1.807, 2.05) is 23.6 Å². The Labute approximate surface area is 162 Å². The minimum absolute atomic E-state index is 0.0548. The minimum atomic E-state index is -0.0548. The molecule has 0 saturated heterocycles. The summed E-state index contributed by atoms with van der Waals surface area (Å²) < 4.78 is 0. The molecule has 0 aliphatic carbocycles. The lowest BCUT2D eigenvalue weighted by molar-refractivity contribution is 0.0952. The first-order valence-corrected chi connectivity index (χ1v) is 9.68. The zero-order valence-electron chi connectivity index (χ0n) is 15.1. The van der Waals surface area contributed by atoms with Crippen LogP contribution < -0.4 is 16.4 Å². The van der Waals surface area contributed by atoms with Crippen molar-refractivity contribution < 1.29 is 4.79 Å². The monoisotopic (exact) mass is 382 g/mol. The number of carbonyl (C=O) groups is 1. The Hall–Kier alpha value is -3.00. The maximum atomic E-state index is 12.1. The van der Waals surface area contributed by atoms with Crippen LogP contribution in [0.3, 0.4) is 0 Å². The van der Waals surface area contributed by atoms with Gasteiger partial charge in [0.1, 0.15) is 11.5 Å². The zero-order valence-corrected chi connectivity index (χ0v) is 15.9. The summed E-state index contributed by atoms with van der Waals surface area (Å²) in [6.07, 6.45) is 3.35. The number of nitrogens with zero attached hydrogens (tertiary/aromatic N) is 3. The lowest BCUT2D eigenvalue weighted by Gasteiger charge is -2.16. The normalized spacial score (nSPS) is 11.7. The molecule has 0 aliphatic heterocycles. The Morgan fingerprint density at radius 2 is 2.04 bits per heavy atom. The van der Waals surface area contributed by atoms with Gasteiger partial charge in [-0.3, -0.25) is 4.79 Å². The number of amides is 1. The van der Waals surface area contributed by atoms with Gasteiger partial charge in [0.2, 0.25) is 0 Å². The number of nitrogens with two attached hydrogens (primary N) is 1. The van der Waals surface area contributed by atoms with Gasteiger partial charge in [-0.2, -0.15) is 0 Å². The molecule has 0 aliphatic rings. The SMILES string of the molecule is CCC(CCNC(=O)c1ccccc1)Nc1nc(-c2nccc(N)n2)cs1. The Balaban J connectivity index is 1.52. The van der Waals surface area contributed by atoms with Crippen LogP contribution in [0, 0.1) is 0 Å². The van der Waals surface area contributed by atoms with Gasteiger partial charge in [-0.05, 0) is 31.0 Å². The lowest BCUT2D eigenvalue weighted by atomic mass is 10.1. The van der Waals surface area contributed by atoms with Crippen LogP contribution in [-0.2, 0) is 0 Å². The molecular weight excluding hydrogens is 360 g/mol. The number of nitrogens with one attached hydrogen (secondary N) is 2. The quantitative estimate of drug-likeness (QED) is 0.552. The predicted octanol–water partition coefficient (Wildman–Crippen LogP) is 3.19. The molecule has 0 radical (unpaired) electrons. The molecule has 0 saturated carbocycles. The molecule has 4 N–H and O–H groups in total. The van der Waals surface area contributed by atoms with Gasteiger partial charge in [0.25, 0.3) is 5.91 Å². The number of nitrogen functional groups attached to an aromatic ring is 1. The highest BCUT2D eigenvalue weighted by molar-refractivity contribution is 7.14. The van der Waals surface area contributed by atoms with Crippen molar-refractivity contribution in [1.82, 2.24) is 20.3 Å². The maximum Gasteiger partial charge on any atom is 0.251 e. The molecule has 8 heteroatoms. The van der Waals surface area contributed by atoms with Crippen molar-refractivity contribution in [2.45, 2.75) is 25.8 Å². The highest BCUT2D eigenvalue weighted by Gasteiger charge is 2.12. The molecule has 7 nitrogen and oxygen atoms in total. The number of thiazole rings is 1. The van der Waals surface area contributed by atoms with Crippen molar-refractivity contribution in [1.29, 1.82) is 0 Å². The van der Waals surface area contributed by atoms with Gasteiger partial charge < -0.3 is 16.4 Å². The second kappa shape index (κ2) is 9.09. The average molecular weight is 382 g/mol. The molecule has 1 aromatic carbocycles. The van der Waals surface area contributed by atoms with E-state index in [0.717, 1.165) is 18.0 Å². The Morgan fingerprint density at radius 1 is 1.22 bits per heavy atom. The van der Waals surface area contributed by atoms with Gasteiger partial charge in [-0.15, -0.1) is 11.3 Å². The first-order chi connectivity index (χ1) is 13.2. The number of hydrogen-bond donors (Lipinski definition) is 3. The van der Waals surface area contributed by atoms with E-state index in [-0.39, 0.29) is 11.9 Å². The highest BCUT2D eigenvalue weighted by atomic mass is 32.1. The summed E-state index contributed by atoms with van der Waals surface area (Å²) in [6.45, 7) is 2.70. The van der Waals surface area contributed by atoms with E-state index >= 15 is 0 Å². The summed E-state index contributed by atoms with van der Waals surface area (Å²) in [7, 11) is 0. The molecule has 2 aromatic heterocycles. The topological polar surface area (TPSA) is 106 Å². The average Bonchev–Trinajstić information content (AvgIpc) is 3.16. The maximum absolute atomic E-state index is 12.1. The molecule has 0 spiro atoms. The Bertz CT molecular complexity index is 883. The molecule has 0 bridgehead atoms. The number of aromatic nitrogens is 3. The van der Waals surface area contributed by atoms with Crippen LogP contribution in [0.5, 0.6) is 0 Å². The third-order valence-corrected chi connectivity index (χ3v) is 4.82. The van der Waals surface area contributed by atoms with Gasteiger partial charge >= 0.3 is 0 Å². The Morgan fingerprint density at radius 3 is 2.78 bits per heavy atom. The standard InChI is InChI=1S/C19H22N6OS/c1-2-14(8-10-22-18(26)13-6-4-3-5-7-13)23-19-24-15(12-27-19)17-21-11-9-16(20)25-17/h3-7,9,11-12,14H,2,8,10H2,1H3,(H,22,26)(H,23,24)(H2,20,21,25). The van der Waals surface area contributed by atoms with Crippen molar-refractivity contribution in [2.24, 2.45) is 0 Å². The second-order valence-electron chi connectivity index (χ2n) is 6.00. The third-order valence-electron chi connectivity index (χ3n) is 4.05. The predicted molar refractivity (Wildman–Crippen MR) is 109 cm³/mol. The second-order valence-corrected chi connectivity index (χ2v) is 6.86. The van der Waals surface area contributed by atoms with E-state index in [1.54, 1.807) is 24.4 Å². The summed E-state index contributed by atoms with van der Waals surface area (Å²) >= 11 is 1.50. The van der Waals surface area contributed by atoms with E-state index < -0.39 is 0 Å². The van der Waals surface area contributed by atoms with Crippen molar-refractivity contribution in [3.63, 3.8) is 0 Å². The number of carbonyl (C=O) groups excluding carboxylic acids is 1. The molecular formula is C19H22N6OS. The van der Waals surface area contributed by atoms with Crippen molar-refractivity contribution in [2.75, 3.05) is 17.6 Å². The molecule has 1 unspecified atom stereocenters. The first-order valence-electron chi connectivity index (χ1n) is 8.80. The first kappa shape index (κ1) is 18.8. The summed E-state index contributed by atoms with van der Waals surface area (Å²) in [5, 5.41) is 9.08. The fourth-order valence-corrected chi connectivity index (χ4v) is 3.31. The van der Waals surface area contributed by atoms with E-state index in [4.69, 9.17) is 5.73 Å². The van der Waals surface area contributed by atoms with Crippen LogP contribution in [0.2, 0.25) is 0 Å². The number of rotatable bonds is 8. The summed E-state index contributed by atoms with van der Waals surface area (Å²) in [5.41, 5.74) is 7.07. The van der Waals surface area contributed by atoms with Crippen LogP contribution in [-0.4, -0.2) is 33.4 Å². The van der Waals surface area contributed by atoms with Crippen LogP contribution in [0.1, 0.15) is 30.1 Å². The molecule has 2 heterocycles. The van der Waals surface area contributed by atoms with Crippen LogP contribution in [0.15, 0.2) is 48.0 Å². The number of hydrogen-bond acceptors (Lipinski definition) is 7. The van der Waals surface area contributed by atoms with E-state index in [2.05, 4.69) is 32.5 Å². The lowest BCUT2D eigenvalue weighted by Crippen LogP contribution is -2.29. The van der Waals surface area contributed by atoms with Crippen LogP contribution in [0.25, 0.3) is 11.5 Å². The third kappa shape index (κ3) is 5.24. The molecule has 0 fully saturated rings. The van der Waals surface area contributed by atoms with Gasteiger partial charge in [0.15, 0.2) is 11.0 Å². The molecule has 140 valence electrons. The van der Waals surface area contributed by atoms with Crippen LogP contribution >= 0.6 is 11.3 Å². The number of benzene rings is 1. The summed E-state index contributed by atoms with van der Waals surface area (Å²) in [6, 6.07) is 11.1.